The van der Waals surface area contributed by atoms with Crippen molar-refractivity contribution in [1.82, 2.24) is 4.90 Å². The number of carbonyl (C=O) groups excluding carboxylic acids is 1. The quantitative estimate of drug-likeness (QED) is 0.0471. The first-order valence-corrected chi connectivity index (χ1v) is 24.7. The minimum Gasteiger partial charge on any atom is -0.459 e. The summed E-state index contributed by atoms with van der Waals surface area (Å²) in [5.74, 6) is 0.574. The topological polar surface area (TPSA) is 119 Å². The highest BCUT2D eigenvalue weighted by Gasteiger charge is 2.65. The molecular formula is C53H80N2O8. The predicted octanol–water partition coefficient (Wildman–Crippen LogP) is 12.5. The zero-order valence-corrected chi connectivity index (χ0v) is 39.4. The molecule has 1 fully saturated rings. The van der Waals surface area contributed by atoms with Gasteiger partial charge in [0, 0.05) is 37.7 Å². The molecule has 6 atom stereocenters. The summed E-state index contributed by atoms with van der Waals surface area (Å²) >= 11 is 0. The first-order chi connectivity index (χ1) is 30.8. The van der Waals surface area contributed by atoms with Crippen LogP contribution in [0.5, 0.6) is 17.2 Å². The van der Waals surface area contributed by atoms with E-state index in [-0.39, 0.29) is 49.6 Å². The van der Waals surface area contributed by atoms with E-state index in [9.17, 15) is 15.0 Å². The van der Waals surface area contributed by atoms with Crippen molar-refractivity contribution < 1.29 is 38.8 Å². The van der Waals surface area contributed by atoms with E-state index in [0.717, 1.165) is 73.1 Å². The molecule has 2 aromatic rings. The van der Waals surface area contributed by atoms with Gasteiger partial charge in [-0.1, -0.05) is 108 Å². The highest BCUT2D eigenvalue weighted by Crippen LogP contribution is 2.62. The van der Waals surface area contributed by atoms with Crippen LogP contribution in [-0.4, -0.2) is 78.3 Å². The van der Waals surface area contributed by atoms with Crippen LogP contribution in [0.1, 0.15) is 159 Å². The SMILES string of the molecule is C=CCO[C@@]12Oc3ccc(Oc4ccc(C)c(C)c4)cc3[C@H]3[C@H](CCCCO)[C@@H](CCCCO)C=C(C(=NOCC)C[C@@H]1N(CCC)C(=O)OCCCCCCCCCCCC)[C@H]32. The molecule has 1 aliphatic heterocycles. The van der Waals surface area contributed by atoms with Crippen LogP contribution >= 0.6 is 0 Å². The highest BCUT2D eigenvalue weighted by molar-refractivity contribution is 6.03. The Kier molecular flexibility index (Phi) is 20.8. The molecule has 1 saturated carbocycles. The molecule has 63 heavy (non-hydrogen) atoms. The molecule has 2 aliphatic carbocycles. The highest BCUT2D eigenvalue weighted by atomic mass is 16.7. The molecule has 0 saturated heterocycles. The van der Waals surface area contributed by atoms with Crippen molar-refractivity contribution in [3.63, 3.8) is 0 Å². The minimum atomic E-state index is -1.32. The Morgan fingerprint density at radius 2 is 1.54 bits per heavy atom. The molecule has 1 heterocycles. The maximum absolute atomic E-state index is 14.5. The van der Waals surface area contributed by atoms with Crippen LogP contribution in [0.25, 0.3) is 0 Å². The zero-order chi connectivity index (χ0) is 45.0. The van der Waals surface area contributed by atoms with E-state index in [0.29, 0.717) is 56.9 Å². The molecule has 3 aliphatic rings. The third-order valence-corrected chi connectivity index (χ3v) is 13.5. The maximum atomic E-state index is 14.5. The average molecular weight is 873 g/mol. The number of allylic oxidation sites excluding steroid dienone is 1. The van der Waals surface area contributed by atoms with E-state index in [1.54, 1.807) is 6.08 Å². The van der Waals surface area contributed by atoms with Gasteiger partial charge in [0.05, 0.1) is 24.8 Å². The van der Waals surface area contributed by atoms with E-state index in [1.807, 2.05) is 30.0 Å². The normalized spacial score (nSPS) is 23.0. The second-order valence-corrected chi connectivity index (χ2v) is 18.0. The molecular weight excluding hydrogens is 793 g/mol. The number of nitrogens with zero attached hydrogens (tertiary/aromatic N) is 2. The second-order valence-electron chi connectivity index (χ2n) is 18.0. The summed E-state index contributed by atoms with van der Waals surface area (Å²) in [7, 11) is 0. The maximum Gasteiger partial charge on any atom is 0.410 e. The molecule has 1 amide bonds. The van der Waals surface area contributed by atoms with Gasteiger partial charge in [0.25, 0.3) is 0 Å². The zero-order valence-electron chi connectivity index (χ0n) is 39.4. The number of amides is 1. The van der Waals surface area contributed by atoms with Crippen LogP contribution in [0.2, 0.25) is 0 Å². The van der Waals surface area contributed by atoms with Crippen molar-refractivity contribution >= 4 is 11.8 Å². The van der Waals surface area contributed by atoms with E-state index in [2.05, 4.69) is 58.5 Å². The van der Waals surface area contributed by atoms with Gasteiger partial charge < -0.3 is 34.0 Å². The number of benzene rings is 2. The summed E-state index contributed by atoms with van der Waals surface area (Å²) in [6.07, 6.45) is 21.7. The van der Waals surface area contributed by atoms with Crippen LogP contribution in [0, 0.1) is 31.6 Å². The molecule has 2 aromatic carbocycles. The Hall–Kier alpha value is -3.86. The van der Waals surface area contributed by atoms with Gasteiger partial charge in [-0.3, -0.25) is 4.90 Å². The number of aryl methyl sites for hydroxylation is 2. The van der Waals surface area contributed by atoms with Crippen molar-refractivity contribution in [1.29, 1.82) is 0 Å². The molecule has 10 heteroatoms. The predicted molar refractivity (Wildman–Crippen MR) is 253 cm³/mol. The molecule has 350 valence electrons. The van der Waals surface area contributed by atoms with E-state index >= 15 is 0 Å². The first-order valence-electron chi connectivity index (χ1n) is 24.7. The Labute approximate surface area is 379 Å². The molecule has 10 nitrogen and oxygen atoms in total. The summed E-state index contributed by atoms with van der Waals surface area (Å²) in [5.41, 5.74) is 5.18. The van der Waals surface area contributed by atoms with Gasteiger partial charge in [-0.05, 0) is 118 Å². The average Bonchev–Trinajstić information content (AvgIpc) is 3.28. The number of ether oxygens (including phenoxy) is 4. The van der Waals surface area contributed by atoms with Gasteiger partial charge in [-0.25, -0.2) is 4.79 Å². The van der Waals surface area contributed by atoms with Crippen molar-refractivity contribution in [3.8, 4) is 17.2 Å². The van der Waals surface area contributed by atoms with Crippen LogP contribution in [0.3, 0.4) is 0 Å². The minimum absolute atomic E-state index is 0.116. The fraction of sp³-hybridized carbons (Fsp3) is 0.660. The van der Waals surface area contributed by atoms with Crippen molar-refractivity contribution in [2.75, 3.05) is 39.6 Å². The fourth-order valence-electron chi connectivity index (χ4n) is 10.2. The first kappa shape index (κ1) is 50.1. The number of rotatable bonds is 29. The number of aliphatic hydroxyl groups is 2. The molecule has 0 bridgehead atoms. The lowest BCUT2D eigenvalue weighted by molar-refractivity contribution is -0.255. The van der Waals surface area contributed by atoms with Crippen LogP contribution in [-0.2, 0) is 14.3 Å². The van der Waals surface area contributed by atoms with Gasteiger partial charge in [0.15, 0.2) is 0 Å². The molecule has 2 N–H and O–H groups in total. The summed E-state index contributed by atoms with van der Waals surface area (Å²) < 4.78 is 27.2. The smallest absolute Gasteiger partial charge is 0.410 e. The van der Waals surface area contributed by atoms with E-state index < -0.39 is 11.8 Å². The van der Waals surface area contributed by atoms with Gasteiger partial charge in [-0.2, -0.15) is 0 Å². The second kappa shape index (κ2) is 26.2. The standard InChI is InChI=1S/C53H80N2O8/c1-7-11-12-13-14-15-16-17-18-23-34-59-52(58)55(30-8-2)49-38-47(54-61-10-4)45-36-41(24-19-21-31-56)44(25-20-22-32-57)50-46-37-43(62-42-27-26-39(5)40(6)35-42)28-29-48(46)63-53(49,51(45)50)60-33-9-3/h9,26-29,35-37,41,44,49-51,56-57H,3,7-8,10-25,30-34,38H2,1-2,4-6H3/t41-,44+,49-,50+,51+,53+/m0/s1. The number of hydrogen-bond donors (Lipinski definition) is 2. The lowest BCUT2D eigenvalue weighted by Gasteiger charge is -2.59. The van der Waals surface area contributed by atoms with Gasteiger partial charge >= 0.3 is 6.09 Å². The van der Waals surface area contributed by atoms with Crippen molar-refractivity contribution in [2.24, 2.45) is 22.9 Å². The Morgan fingerprint density at radius 3 is 2.21 bits per heavy atom. The number of unbranched alkanes of at least 4 members (excludes halogenated alkanes) is 11. The van der Waals surface area contributed by atoms with Crippen LogP contribution in [0.4, 0.5) is 4.79 Å². The number of fused-ring (bicyclic) bond motifs is 2. The van der Waals surface area contributed by atoms with Crippen LogP contribution in [0.15, 0.2) is 65.9 Å². The van der Waals surface area contributed by atoms with Gasteiger partial charge in [-0.15, -0.1) is 6.58 Å². The largest absolute Gasteiger partial charge is 0.459 e. The summed E-state index contributed by atoms with van der Waals surface area (Å²) in [6.45, 7) is 16.2. The van der Waals surface area contributed by atoms with Gasteiger partial charge in [0.2, 0.25) is 5.79 Å². The Balaban J connectivity index is 1.57. The van der Waals surface area contributed by atoms with E-state index in [1.165, 1.54) is 50.5 Å². The van der Waals surface area contributed by atoms with Crippen molar-refractivity contribution in [2.45, 2.75) is 168 Å². The number of carbonyl (C=O) groups is 1. The van der Waals surface area contributed by atoms with Gasteiger partial charge in [0.1, 0.15) is 29.9 Å². The molecule has 0 aromatic heterocycles. The van der Waals surface area contributed by atoms with Crippen molar-refractivity contribution in [3.05, 3.63) is 77.4 Å². The molecule has 0 spiro atoms. The van der Waals surface area contributed by atoms with E-state index in [4.69, 9.17) is 28.9 Å². The fourth-order valence-corrected chi connectivity index (χ4v) is 10.2. The number of hydrogen-bond acceptors (Lipinski definition) is 9. The van der Waals surface area contributed by atoms with Crippen LogP contribution < -0.4 is 9.47 Å². The Morgan fingerprint density at radius 1 is 0.857 bits per heavy atom. The number of aliphatic hydroxyl groups excluding tert-OH is 2. The molecule has 0 radical (unpaired) electrons. The summed E-state index contributed by atoms with van der Waals surface area (Å²) in [6, 6.07) is 11.6. The summed E-state index contributed by atoms with van der Waals surface area (Å²) in [4.78, 5) is 22.3. The summed E-state index contributed by atoms with van der Waals surface area (Å²) in [5, 5.41) is 24.7. The molecule has 5 rings (SSSR count). The lowest BCUT2D eigenvalue weighted by atomic mass is 9.55. The third-order valence-electron chi connectivity index (χ3n) is 13.5. The Bertz CT molecular complexity index is 1780. The lowest BCUT2D eigenvalue weighted by Crippen LogP contribution is -2.70. The number of oxime groups is 1. The monoisotopic (exact) mass is 873 g/mol. The third kappa shape index (κ3) is 13.1. The molecule has 0 unspecified atom stereocenters.